The van der Waals surface area contributed by atoms with E-state index in [0.717, 1.165) is 77.3 Å². The molecule has 11 nitrogen and oxygen atoms in total. The molecule has 5 heterocycles. The number of fused-ring (bicyclic) bond motifs is 2. The van der Waals surface area contributed by atoms with Crippen LogP contribution in [0, 0.1) is 0 Å². The summed E-state index contributed by atoms with van der Waals surface area (Å²) in [6.45, 7) is 4.04. The van der Waals surface area contributed by atoms with Crippen LogP contribution in [0.5, 0.6) is 17.2 Å². The highest BCUT2D eigenvalue weighted by atomic mass is 35.5. The molecule has 0 unspecified atom stereocenters. The summed E-state index contributed by atoms with van der Waals surface area (Å²) in [5.41, 5.74) is 5.81. The molecule has 0 spiro atoms. The van der Waals surface area contributed by atoms with E-state index >= 15 is 0 Å². The van der Waals surface area contributed by atoms with Gasteiger partial charge in [-0.3, -0.25) is 9.20 Å². The van der Waals surface area contributed by atoms with Crippen LogP contribution in [0.2, 0.25) is 5.02 Å². The quantitative estimate of drug-likeness (QED) is 0.110. The first-order valence-corrected chi connectivity index (χ1v) is 21.2. The summed E-state index contributed by atoms with van der Waals surface area (Å²) in [5.74, 6) is 1.39. The summed E-state index contributed by atoms with van der Waals surface area (Å²) in [5, 5.41) is 7.59. The van der Waals surface area contributed by atoms with Crippen LogP contribution in [0.1, 0.15) is 58.6 Å². The van der Waals surface area contributed by atoms with Gasteiger partial charge in [0.2, 0.25) is 0 Å². The number of halogens is 7. The Bertz CT molecular complexity index is 2900. The van der Waals surface area contributed by atoms with Crippen molar-refractivity contribution in [2.45, 2.75) is 51.2 Å². The molecule has 4 aromatic carbocycles. The normalized spacial score (nSPS) is 13.3. The van der Waals surface area contributed by atoms with Crippen molar-refractivity contribution in [3.05, 3.63) is 167 Å². The number of rotatable bonds is 11. The van der Waals surface area contributed by atoms with E-state index in [4.69, 9.17) is 16.3 Å². The largest absolute Gasteiger partial charge is 0.573 e. The summed E-state index contributed by atoms with van der Waals surface area (Å²) in [6.07, 6.45) is -1.66. The number of piperidine rings is 1. The molecular weight excluding hydrogens is 886 g/mol. The number of imidazole rings is 1. The van der Waals surface area contributed by atoms with Gasteiger partial charge in [-0.05, 0) is 127 Å². The summed E-state index contributed by atoms with van der Waals surface area (Å²) < 4.78 is 86.2. The number of hydrogen-bond donors (Lipinski definition) is 3. The molecule has 0 radical (unpaired) electrons. The van der Waals surface area contributed by atoms with Crippen molar-refractivity contribution in [3.8, 4) is 17.2 Å². The zero-order valence-corrected chi connectivity index (χ0v) is 35.9. The highest BCUT2D eigenvalue weighted by Gasteiger charge is 2.32. The van der Waals surface area contributed by atoms with E-state index < -0.39 is 18.1 Å². The Kier molecular flexibility index (Phi) is 13.4. The predicted octanol–water partition coefficient (Wildman–Crippen LogP) is 12.3. The van der Waals surface area contributed by atoms with Crippen LogP contribution in [0.4, 0.5) is 43.5 Å². The number of H-pyrrole nitrogens is 1. The second-order valence-corrected chi connectivity index (χ2v) is 15.7. The van der Waals surface area contributed by atoms with Crippen LogP contribution >= 0.6 is 11.6 Å². The van der Waals surface area contributed by atoms with E-state index in [2.05, 4.69) is 52.3 Å². The van der Waals surface area contributed by atoms with Crippen LogP contribution in [-0.2, 0) is 19.1 Å². The minimum Gasteiger partial charge on any atom is -0.457 e. The standard InChI is InChI=1S/C29H28ClF3N4O2.C19H13F3N4O/c1-2-25-27(37-18-22(30)7-12-26(37)35-25)28(38)34-17-19-3-8-23(9-4-19)36-15-13-21(14-16-36)20-5-10-24(11-6-20)39-29(31,32)33;20-19(21,22)12-1-5-14(6-2-12)27-15-7-3-13(4-8-15)26-18-16-9-10-23-17(16)24-11-25-18/h3-12,18,21H,2,13-17H2,1H3,(H,34,38);1-11H,(H2,23,24,25,26). The lowest BCUT2D eigenvalue weighted by molar-refractivity contribution is -0.274. The first-order chi connectivity index (χ1) is 31.7. The monoisotopic (exact) mass is 926 g/mol. The number of nitrogens with zero attached hydrogens (tertiary/aromatic N) is 5. The van der Waals surface area contributed by atoms with Gasteiger partial charge in [0, 0.05) is 43.4 Å². The number of hydrogen-bond acceptors (Lipinski definition) is 8. The molecule has 0 atom stereocenters. The maximum Gasteiger partial charge on any atom is 0.573 e. The Morgan fingerprint density at radius 2 is 1.48 bits per heavy atom. The maximum atomic E-state index is 13.0. The third-order valence-electron chi connectivity index (χ3n) is 10.9. The van der Waals surface area contributed by atoms with Gasteiger partial charge in [0.25, 0.3) is 5.91 Å². The number of carbonyl (C=O) groups is 1. The number of anilines is 3. The molecular formula is C48H41ClF6N8O3. The van der Waals surface area contributed by atoms with E-state index in [1.807, 2.05) is 25.1 Å². The van der Waals surface area contributed by atoms with E-state index in [1.54, 1.807) is 65.3 Å². The van der Waals surface area contributed by atoms with E-state index in [-0.39, 0.29) is 17.6 Å². The van der Waals surface area contributed by atoms with Crippen molar-refractivity contribution in [2.75, 3.05) is 23.3 Å². The summed E-state index contributed by atoms with van der Waals surface area (Å²) in [4.78, 5) is 31.3. The fourth-order valence-electron chi connectivity index (χ4n) is 7.62. The number of aryl methyl sites for hydroxylation is 1. The highest BCUT2D eigenvalue weighted by molar-refractivity contribution is 6.30. The molecule has 66 heavy (non-hydrogen) atoms. The Morgan fingerprint density at radius 1 is 0.818 bits per heavy atom. The lowest BCUT2D eigenvalue weighted by Crippen LogP contribution is -2.32. The number of ether oxygens (including phenoxy) is 2. The molecule has 1 amide bonds. The minimum absolute atomic E-state index is 0.200. The number of aromatic amines is 1. The third kappa shape index (κ3) is 11.1. The average molecular weight is 927 g/mol. The summed E-state index contributed by atoms with van der Waals surface area (Å²) in [7, 11) is 0. The summed E-state index contributed by atoms with van der Waals surface area (Å²) in [6, 6.07) is 31.3. The molecule has 1 fully saturated rings. The molecule has 4 aromatic heterocycles. The van der Waals surface area contributed by atoms with Gasteiger partial charge in [-0.2, -0.15) is 13.2 Å². The van der Waals surface area contributed by atoms with E-state index in [1.165, 1.54) is 30.6 Å². The molecule has 8 aromatic rings. The fourth-order valence-corrected chi connectivity index (χ4v) is 7.78. The molecule has 1 saturated heterocycles. The van der Waals surface area contributed by atoms with Crippen molar-refractivity contribution in [3.63, 3.8) is 0 Å². The number of aromatic nitrogens is 5. The molecule has 1 aliphatic rings. The van der Waals surface area contributed by atoms with Crippen LogP contribution in [0.15, 0.2) is 134 Å². The minimum atomic E-state index is -4.68. The number of benzene rings is 4. The van der Waals surface area contributed by atoms with Crippen molar-refractivity contribution in [1.29, 1.82) is 0 Å². The number of nitrogens with one attached hydrogen (secondary N) is 3. The van der Waals surface area contributed by atoms with Crippen LogP contribution in [0.25, 0.3) is 16.7 Å². The second kappa shape index (κ2) is 19.5. The van der Waals surface area contributed by atoms with Crippen molar-refractivity contribution < 1.29 is 40.6 Å². The number of carbonyl (C=O) groups excluding carboxylic acids is 1. The Balaban J connectivity index is 0.000000192. The Hall–Kier alpha value is -7.27. The fraction of sp³-hybridized carbons (Fsp3) is 0.208. The van der Waals surface area contributed by atoms with Crippen molar-refractivity contribution in [2.24, 2.45) is 0 Å². The van der Waals surface area contributed by atoms with Crippen LogP contribution in [-0.4, -0.2) is 49.7 Å². The van der Waals surface area contributed by atoms with Crippen molar-refractivity contribution >= 4 is 51.4 Å². The molecule has 1 aliphatic heterocycles. The SMILES string of the molecule is CCc1nc2ccc(Cl)cn2c1C(=O)NCc1ccc(N2CCC(c3ccc(OC(F)(F)F)cc3)CC2)cc1.FC(F)(F)c1ccc(Oc2ccc(Nc3ncnc4[nH]ccc34)cc2)cc1. The van der Waals surface area contributed by atoms with E-state index in [9.17, 15) is 31.1 Å². The Morgan fingerprint density at radius 3 is 2.14 bits per heavy atom. The van der Waals surface area contributed by atoms with Gasteiger partial charge in [-0.1, -0.05) is 42.8 Å². The lowest BCUT2D eigenvalue weighted by atomic mass is 9.89. The van der Waals surface area contributed by atoms with Gasteiger partial charge in [-0.25, -0.2) is 15.0 Å². The third-order valence-corrected chi connectivity index (χ3v) is 11.2. The van der Waals surface area contributed by atoms with Gasteiger partial charge in [0.15, 0.2) is 0 Å². The molecule has 18 heteroatoms. The van der Waals surface area contributed by atoms with Gasteiger partial charge in [0.1, 0.15) is 46.4 Å². The molecule has 9 rings (SSSR count). The predicted molar refractivity (Wildman–Crippen MR) is 240 cm³/mol. The number of pyridine rings is 1. The first kappa shape index (κ1) is 45.3. The van der Waals surface area contributed by atoms with Gasteiger partial charge >= 0.3 is 12.5 Å². The Labute approximate surface area is 379 Å². The number of amides is 1. The van der Waals surface area contributed by atoms with Gasteiger partial charge < -0.3 is 30.0 Å². The molecule has 0 aliphatic carbocycles. The van der Waals surface area contributed by atoms with Crippen LogP contribution < -0.4 is 25.0 Å². The molecule has 0 saturated carbocycles. The zero-order chi connectivity index (χ0) is 46.4. The average Bonchev–Trinajstić information content (AvgIpc) is 3.95. The number of alkyl halides is 6. The topological polar surface area (TPSA) is 122 Å². The zero-order valence-electron chi connectivity index (χ0n) is 35.1. The first-order valence-electron chi connectivity index (χ1n) is 20.8. The smallest absolute Gasteiger partial charge is 0.457 e. The van der Waals surface area contributed by atoms with Gasteiger partial charge in [-0.15, -0.1) is 13.2 Å². The lowest BCUT2D eigenvalue weighted by Gasteiger charge is -2.34. The van der Waals surface area contributed by atoms with Crippen molar-refractivity contribution in [1.82, 2.24) is 29.7 Å². The molecule has 3 N–H and O–H groups in total. The van der Waals surface area contributed by atoms with E-state index in [0.29, 0.717) is 46.6 Å². The molecule has 340 valence electrons. The molecule has 0 bridgehead atoms. The van der Waals surface area contributed by atoms with Crippen LogP contribution in [0.3, 0.4) is 0 Å². The highest BCUT2D eigenvalue weighted by Crippen LogP contribution is 2.34. The second-order valence-electron chi connectivity index (χ2n) is 15.3. The summed E-state index contributed by atoms with van der Waals surface area (Å²) >= 11 is 6.14. The van der Waals surface area contributed by atoms with Gasteiger partial charge in [0.05, 0.1) is 21.7 Å². The maximum absolute atomic E-state index is 13.0.